The van der Waals surface area contributed by atoms with Gasteiger partial charge in [-0.05, 0) is 84.1 Å². The number of guanidine groups is 1. The molecule has 0 bridgehead atoms. The van der Waals surface area contributed by atoms with Crippen LogP contribution in [0.3, 0.4) is 0 Å². The molecule has 0 radical (unpaired) electrons. The number of amides is 2. The third kappa shape index (κ3) is 6.41. The fraction of sp³-hybridized carbons (Fsp3) is 0.533. The van der Waals surface area contributed by atoms with Crippen LogP contribution in [-0.4, -0.2) is 52.2 Å². The average molecular weight is 568 g/mol. The molecule has 3 fully saturated rings. The summed E-state index contributed by atoms with van der Waals surface area (Å²) in [5.41, 5.74) is 1.70. The van der Waals surface area contributed by atoms with E-state index in [0.29, 0.717) is 41.6 Å². The van der Waals surface area contributed by atoms with Crippen molar-refractivity contribution in [1.82, 2.24) is 15.2 Å². The monoisotopic (exact) mass is 567 g/mol. The number of pyridine rings is 1. The first kappa shape index (κ1) is 28.4. The smallest absolute Gasteiger partial charge is 0.437 e. The number of carbonyl (C=O) groups is 2. The second kappa shape index (κ2) is 11.0. The van der Waals surface area contributed by atoms with E-state index >= 15 is 0 Å². The molecule has 2 aromatic rings. The Labute approximate surface area is 240 Å². The molecule has 1 aromatic carbocycles. The lowest BCUT2D eigenvalue weighted by Gasteiger charge is -2.46. The van der Waals surface area contributed by atoms with Gasteiger partial charge < -0.3 is 20.1 Å². The SMILES string of the molecule is C[C@@H]1CC(N2C(=O)C[C@@](C)(c3cccc(Nc4ccc(C5CC5)nc4)c3Cl)N/C2=N\C(=O)OC(C)(C)C)CCO1. The summed E-state index contributed by atoms with van der Waals surface area (Å²) in [5.74, 6) is 0.606. The van der Waals surface area contributed by atoms with Gasteiger partial charge >= 0.3 is 6.09 Å². The number of aromatic nitrogens is 1. The lowest BCUT2D eigenvalue weighted by atomic mass is 9.85. The van der Waals surface area contributed by atoms with Gasteiger partial charge in [-0.1, -0.05) is 23.7 Å². The third-order valence-corrected chi connectivity index (χ3v) is 7.86. The van der Waals surface area contributed by atoms with Gasteiger partial charge in [0.05, 0.1) is 40.7 Å². The number of halogens is 1. The van der Waals surface area contributed by atoms with Gasteiger partial charge in [-0.25, -0.2) is 4.79 Å². The molecule has 1 aliphatic carbocycles. The van der Waals surface area contributed by atoms with E-state index in [9.17, 15) is 9.59 Å². The van der Waals surface area contributed by atoms with E-state index in [4.69, 9.17) is 21.1 Å². The number of aliphatic imine (C=N–C) groups is 1. The maximum absolute atomic E-state index is 13.8. The molecule has 3 atom stereocenters. The standard InChI is InChI=1S/C30H38ClN5O4/c1-18-15-21(13-14-39-18)36-25(37)16-30(5,35-27(36)34-28(38)40-29(2,3)4)22-7-6-8-24(26(22)31)33-20-11-12-23(32-17-20)19-9-10-19/h6-8,11-12,17-19,21,33H,9-10,13-16H2,1-5H3,(H,34,35,38)/t18-,21?,30+/m1/s1. The molecule has 2 N–H and O–H groups in total. The molecule has 3 aliphatic rings. The molecule has 1 aromatic heterocycles. The molecule has 9 nitrogen and oxygen atoms in total. The van der Waals surface area contributed by atoms with Crippen molar-refractivity contribution in [3.8, 4) is 0 Å². The Balaban J connectivity index is 1.44. The predicted molar refractivity (Wildman–Crippen MR) is 155 cm³/mol. The minimum absolute atomic E-state index is 0.00679. The van der Waals surface area contributed by atoms with Gasteiger partial charge in [0.15, 0.2) is 0 Å². The van der Waals surface area contributed by atoms with E-state index in [1.54, 1.807) is 25.7 Å². The minimum atomic E-state index is -0.923. The normalized spacial score (nSPS) is 26.4. The summed E-state index contributed by atoms with van der Waals surface area (Å²) in [4.78, 5) is 37.1. The zero-order valence-electron chi connectivity index (χ0n) is 23.8. The highest BCUT2D eigenvalue weighted by atomic mass is 35.5. The average Bonchev–Trinajstić information content (AvgIpc) is 3.70. The van der Waals surface area contributed by atoms with Crippen molar-refractivity contribution in [3.63, 3.8) is 0 Å². The van der Waals surface area contributed by atoms with Crippen molar-refractivity contribution in [1.29, 1.82) is 0 Å². The quantitative estimate of drug-likeness (QED) is 0.440. The molecule has 3 heterocycles. The van der Waals surface area contributed by atoms with Crippen molar-refractivity contribution < 1.29 is 19.1 Å². The van der Waals surface area contributed by atoms with E-state index in [2.05, 4.69) is 20.6 Å². The molecule has 214 valence electrons. The number of hydrogen-bond donors (Lipinski definition) is 2. The summed E-state index contributed by atoms with van der Waals surface area (Å²) in [7, 11) is 0. The molecule has 2 amide bonds. The Morgan fingerprint density at radius 2 is 2.02 bits per heavy atom. The van der Waals surface area contributed by atoms with Crippen LogP contribution in [0.2, 0.25) is 5.02 Å². The van der Waals surface area contributed by atoms with E-state index in [1.807, 2.05) is 50.4 Å². The van der Waals surface area contributed by atoms with Gasteiger partial charge in [0, 0.05) is 24.3 Å². The molecule has 5 rings (SSSR count). The minimum Gasteiger partial charge on any atom is -0.442 e. The summed E-state index contributed by atoms with van der Waals surface area (Å²) in [6.45, 7) is 9.74. The van der Waals surface area contributed by atoms with Crippen molar-refractivity contribution in [2.75, 3.05) is 11.9 Å². The van der Waals surface area contributed by atoms with Gasteiger partial charge in [-0.15, -0.1) is 4.99 Å². The largest absolute Gasteiger partial charge is 0.442 e. The van der Waals surface area contributed by atoms with Gasteiger partial charge in [0.1, 0.15) is 5.60 Å². The first-order valence-electron chi connectivity index (χ1n) is 14.0. The molecule has 40 heavy (non-hydrogen) atoms. The van der Waals surface area contributed by atoms with Crippen molar-refractivity contribution in [2.45, 2.75) is 95.9 Å². The van der Waals surface area contributed by atoms with Crippen LogP contribution in [-0.2, 0) is 19.8 Å². The molecule has 0 spiro atoms. The van der Waals surface area contributed by atoms with Crippen LogP contribution < -0.4 is 10.6 Å². The van der Waals surface area contributed by atoms with Crippen LogP contribution in [0.5, 0.6) is 0 Å². The molecule has 10 heteroatoms. The van der Waals surface area contributed by atoms with Crippen LogP contribution in [0.25, 0.3) is 0 Å². The first-order chi connectivity index (χ1) is 18.9. The summed E-state index contributed by atoms with van der Waals surface area (Å²) in [6, 6.07) is 9.57. The molecule has 1 saturated carbocycles. The molecular weight excluding hydrogens is 530 g/mol. The lowest BCUT2D eigenvalue weighted by Crippen LogP contribution is -2.63. The Bertz CT molecular complexity index is 1300. The summed E-state index contributed by atoms with van der Waals surface area (Å²) < 4.78 is 11.2. The molecule has 1 unspecified atom stereocenters. The van der Waals surface area contributed by atoms with E-state index in [1.165, 1.54) is 12.8 Å². The van der Waals surface area contributed by atoms with Gasteiger partial charge in [0.25, 0.3) is 0 Å². The van der Waals surface area contributed by atoms with Crippen molar-refractivity contribution in [3.05, 3.63) is 52.8 Å². The third-order valence-electron chi connectivity index (χ3n) is 7.46. The second-order valence-corrected chi connectivity index (χ2v) is 12.6. The number of nitrogens with zero attached hydrogens (tertiary/aromatic N) is 3. The van der Waals surface area contributed by atoms with Gasteiger partial charge in [-0.3, -0.25) is 14.7 Å². The summed E-state index contributed by atoms with van der Waals surface area (Å²) >= 11 is 6.97. The lowest BCUT2D eigenvalue weighted by molar-refractivity contribution is -0.134. The van der Waals surface area contributed by atoms with Crippen molar-refractivity contribution >= 4 is 40.9 Å². The first-order valence-corrected chi connectivity index (χ1v) is 14.4. The Hall–Kier alpha value is -3.17. The Morgan fingerprint density at radius 3 is 2.67 bits per heavy atom. The maximum Gasteiger partial charge on any atom is 0.437 e. The predicted octanol–water partition coefficient (Wildman–Crippen LogP) is 6.25. The van der Waals surface area contributed by atoms with Crippen LogP contribution in [0.4, 0.5) is 16.2 Å². The number of hydrogen-bond acceptors (Lipinski definition) is 6. The number of anilines is 2. The Morgan fingerprint density at radius 1 is 1.25 bits per heavy atom. The van der Waals surface area contributed by atoms with Gasteiger partial charge in [-0.2, -0.15) is 0 Å². The van der Waals surface area contributed by atoms with Gasteiger partial charge in [0.2, 0.25) is 11.9 Å². The zero-order valence-corrected chi connectivity index (χ0v) is 24.5. The highest BCUT2D eigenvalue weighted by molar-refractivity contribution is 6.34. The van der Waals surface area contributed by atoms with E-state index in [0.717, 1.165) is 11.4 Å². The maximum atomic E-state index is 13.8. The highest BCUT2D eigenvalue weighted by Gasteiger charge is 2.45. The fourth-order valence-electron chi connectivity index (χ4n) is 5.37. The van der Waals surface area contributed by atoms with Crippen LogP contribution >= 0.6 is 11.6 Å². The number of carbonyl (C=O) groups excluding carboxylic acids is 2. The van der Waals surface area contributed by atoms with Crippen molar-refractivity contribution in [2.24, 2.45) is 4.99 Å². The zero-order chi connectivity index (χ0) is 28.7. The fourth-order valence-corrected chi connectivity index (χ4v) is 5.75. The summed E-state index contributed by atoms with van der Waals surface area (Å²) in [5, 5.41) is 7.24. The number of benzene rings is 1. The van der Waals surface area contributed by atoms with Crippen LogP contribution in [0.1, 0.15) is 83.9 Å². The van der Waals surface area contributed by atoms with Crippen LogP contribution in [0, 0.1) is 0 Å². The molecule has 2 aliphatic heterocycles. The molecule has 2 saturated heterocycles. The number of rotatable bonds is 5. The van der Waals surface area contributed by atoms with E-state index in [-0.39, 0.29) is 30.4 Å². The Kier molecular flexibility index (Phi) is 7.81. The van der Waals surface area contributed by atoms with Crippen LogP contribution in [0.15, 0.2) is 41.5 Å². The van der Waals surface area contributed by atoms with E-state index < -0.39 is 17.2 Å². The summed E-state index contributed by atoms with van der Waals surface area (Å²) in [6.07, 6.45) is 4.87. The molecular formula is C30H38ClN5O4. The number of ether oxygens (including phenoxy) is 2. The number of nitrogens with one attached hydrogen (secondary N) is 2. The highest BCUT2D eigenvalue weighted by Crippen LogP contribution is 2.41. The second-order valence-electron chi connectivity index (χ2n) is 12.2. The topological polar surface area (TPSA) is 105 Å².